The van der Waals surface area contributed by atoms with Gasteiger partial charge in [0.2, 0.25) is 0 Å². The van der Waals surface area contributed by atoms with Gasteiger partial charge in [0, 0.05) is 16.0 Å². The molecule has 2 aromatic carbocycles. The van der Waals surface area contributed by atoms with Gasteiger partial charge in [-0.1, -0.05) is 41.4 Å². The third-order valence-electron chi connectivity index (χ3n) is 4.17. The number of rotatable bonds is 2. The molecule has 0 amide bonds. The van der Waals surface area contributed by atoms with Crippen molar-refractivity contribution in [1.82, 2.24) is 4.98 Å². The summed E-state index contributed by atoms with van der Waals surface area (Å²) in [5, 5.41) is 11.9. The van der Waals surface area contributed by atoms with E-state index in [1.54, 1.807) is 17.4 Å². The number of para-hydroxylation sites is 1. The van der Waals surface area contributed by atoms with E-state index in [4.69, 9.17) is 23.2 Å². The molecule has 0 aliphatic heterocycles. The molecule has 1 aliphatic rings. The van der Waals surface area contributed by atoms with Crippen LogP contribution in [0.2, 0.25) is 10.0 Å². The van der Waals surface area contributed by atoms with Crippen molar-refractivity contribution in [3.8, 4) is 6.07 Å². The molecule has 5 heteroatoms. The fourth-order valence-corrected chi connectivity index (χ4v) is 4.60. The van der Waals surface area contributed by atoms with Crippen molar-refractivity contribution < 1.29 is 0 Å². The molecule has 2 nitrogen and oxygen atoms in total. The molecule has 4 rings (SSSR count). The van der Waals surface area contributed by atoms with Crippen LogP contribution >= 0.6 is 34.5 Å². The second kappa shape index (κ2) is 4.96. The average molecular weight is 345 g/mol. The first-order valence-corrected chi connectivity index (χ1v) is 8.43. The number of nitrogens with zero attached hydrogens (tertiary/aromatic N) is 2. The van der Waals surface area contributed by atoms with E-state index in [1.165, 1.54) is 0 Å². The molecule has 108 valence electrons. The van der Waals surface area contributed by atoms with Gasteiger partial charge in [-0.15, -0.1) is 11.3 Å². The number of nitriles is 1. The minimum absolute atomic E-state index is 0.0860. The fraction of sp³-hybridized carbons (Fsp3) is 0.176. The number of hydrogen-bond donors (Lipinski definition) is 0. The molecule has 1 fully saturated rings. The van der Waals surface area contributed by atoms with E-state index < -0.39 is 5.41 Å². The largest absolute Gasteiger partial charge is 0.239 e. The maximum absolute atomic E-state index is 9.76. The molecular weight excluding hydrogens is 335 g/mol. The van der Waals surface area contributed by atoms with Crippen molar-refractivity contribution in [1.29, 1.82) is 5.26 Å². The molecule has 2 unspecified atom stereocenters. The van der Waals surface area contributed by atoms with Gasteiger partial charge < -0.3 is 0 Å². The van der Waals surface area contributed by atoms with Crippen LogP contribution in [0.3, 0.4) is 0 Å². The summed E-state index contributed by atoms with van der Waals surface area (Å²) in [6, 6.07) is 15.9. The molecule has 2 atom stereocenters. The van der Waals surface area contributed by atoms with E-state index in [0.717, 1.165) is 27.2 Å². The third kappa shape index (κ3) is 2.03. The Morgan fingerprint density at radius 3 is 2.77 bits per heavy atom. The minimum atomic E-state index is -0.554. The van der Waals surface area contributed by atoms with Crippen molar-refractivity contribution in [3.05, 3.63) is 63.1 Å². The van der Waals surface area contributed by atoms with Crippen molar-refractivity contribution in [3.63, 3.8) is 0 Å². The summed E-state index contributed by atoms with van der Waals surface area (Å²) in [5.41, 5.74) is 1.37. The summed E-state index contributed by atoms with van der Waals surface area (Å²) < 4.78 is 1.11. The van der Waals surface area contributed by atoms with Crippen LogP contribution in [0.5, 0.6) is 0 Å². The van der Waals surface area contributed by atoms with Gasteiger partial charge in [0.05, 0.1) is 16.3 Å². The smallest absolute Gasteiger partial charge is 0.116 e. The lowest BCUT2D eigenvalue weighted by atomic mass is 10.0. The molecule has 3 aromatic rings. The van der Waals surface area contributed by atoms with Crippen LogP contribution in [0.1, 0.15) is 22.9 Å². The number of thiazole rings is 1. The van der Waals surface area contributed by atoms with Gasteiger partial charge in [0.1, 0.15) is 10.4 Å². The van der Waals surface area contributed by atoms with Crippen LogP contribution in [-0.4, -0.2) is 4.98 Å². The summed E-state index contributed by atoms with van der Waals surface area (Å²) in [7, 11) is 0. The molecule has 1 aromatic heterocycles. The highest BCUT2D eigenvalue weighted by Gasteiger charge is 2.59. The Balaban J connectivity index is 1.78. The second-order valence-corrected chi connectivity index (χ2v) is 7.37. The van der Waals surface area contributed by atoms with E-state index in [0.29, 0.717) is 10.0 Å². The first-order chi connectivity index (χ1) is 10.6. The quantitative estimate of drug-likeness (QED) is 0.610. The number of halogens is 2. The zero-order valence-electron chi connectivity index (χ0n) is 11.4. The summed E-state index contributed by atoms with van der Waals surface area (Å²) >= 11 is 13.9. The number of benzene rings is 2. The molecule has 0 radical (unpaired) electrons. The molecular formula is C17H10Cl2N2S. The predicted octanol–water partition coefficient (Wildman–Crippen LogP) is 5.55. The zero-order valence-corrected chi connectivity index (χ0v) is 13.7. The summed E-state index contributed by atoms with van der Waals surface area (Å²) in [6.45, 7) is 0. The highest BCUT2D eigenvalue weighted by Crippen LogP contribution is 2.62. The molecule has 22 heavy (non-hydrogen) atoms. The Morgan fingerprint density at radius 2 is 2.05 bits per heavy atom. The topological polar surface area (TPSA) is 36.7 Å². The Kier molecular flexibility index (Phi) is 3.16. The number of hydrogen-bond acceptors (Lipinski definition) is 3. The van der Waals surface area contributed by atoms with E-state index >= 15 is 0 Å². The van der Waals surface area contributed by atoms with Crippen LogP contribution < -0.4 is 0 Å². The first-order valence-electron chi connectivity index (χ1n) is 6.86. The molecule has 1 heterocycles. The molecule has 0 N–H and O–H groups in total. The van der Waals surface area contributed by atoms with Crippen LogP contribution in [-0.2, 0) is 5.41 Å². The number of aromatic nitrogens is 1. The summed E-state index contributed by atoms with van der Waals surface area (Å²) in [6.07, 6.45) is 0.755. The van der Waals surface area contributed by atoms with Crippen molar-refractivity contribution in [2.75, 3.05) is 0 Å². The fourth-order valence-electron chi connectivity index (χ4n) is 2.89. The van der Waals surface area contributed by atoms with Crippen molar-refractivity contribution >= 4 is 44.8 Å². The van der Waals surface area contributed by atoms with Crippen LogP contribution in [0.15, 0.2) is 42.5 Å². The van der Waals surface area contributed by atoms with Crippen LogP contribution in [0.4, 0.5) is 0 Å². The first kappa shape index (κ1) is 14.0. The molecule has 0 spiro atoms. The lowest BCUT2D eigenvalue weighted by molar-refractivity contribution is 0.846. The molecule has 0 saturated heterocycles. The van der Waals surface area contributed by atoms with Gasteiger partial charge in [-0.25, -0.2) is 4.98 Å². The minimum Gasteiger partial charge on any atom is -0.239 e. The molecule has 1 saturated carbocycles. The lowest BCUT2D eigenvalue weighted by Crippen LogP contribution is -2.06. The Morgan fingerprint density at radius 1 is 1.23 bits per heavy atom. The summed E-state index contributed by atoms with van der Waals surface area (Å²) in [4.78, 5) is 4.67. The maximum atomic E-state index is 9.76. The standard InChI is InChI=1S/C17H10Cl2N2S/c18-10-5-6-11(13(19)7-10)12-8-17(12,9-20)16-21-14-3-1-2-4-15(14)22-16/h1-7,12H,8H2. The highest BCUT2D eigenvalue weighted by molar-refractivity contribution is 7.18. The van der Waals surface area contributed by atoms with Crippen LogP contribution in [0, 0.1) is 11.3 Å². The van der Waals surface area contributed by atoms with Gasteiger partial charge in [-0.2, -0.15) is 5.26 Å². The van der Waals surface area contributed by atoms with Gasteiger partial charge in [-0.05, 0) is 36.2 Å². The van der Waals surface area contributed by atoms with Gasteiger partial charge in [0.25, 0.3) is 0 Å². The normalized spacial score (nSPS) is 23.4. The molecule has 0 bridgehead atoms. The maximum Gasteiger partial charge on any atom is 0.116 e. The van der Waals surface area contributed by atoms with E-state index in [-0.39, 0.29) is 5.92 Å². The highest BCUT2D eigenvalue weighted by atomic mass is 35.5. The van der Waals surface area contributed by atoms with Gasteiger partial charge in [0.15, 0.2) is 0 Å². The molecule has 1 aliphatic carbocycles. The van der Waals surface area contributed by atoms with E-state index in [2.05, 4.69) is 11.1 Å². The Labute approximate surface area is 141 Å². The third-order valence-corrected chi connectivity index (χ3v) is 5.95. The van der Waals surface area contributed by atoms with Crippen molar-refractivity contribution in [2.24, 2.45) is 0 Å². The SMILES string of the molecule is N#CC1(c2nc3ccccc3s2)CC1c1ccc(Cl)cc1Cl. The van der Waals surface area contributed by atoms with E-state index in [1.807, 2.05) is 36.4 Å². The van der Waals surface area contributed by atoms with Crippen LogP contribution in [0.25, 0.3) is 10.2 Å². The van der Waals surface area contributed by atoms with E-state index in [9.17, 15) is 5.26 Å². The predicted molar refractivity (Wildman–Crippen MR) is 90.7 cm³/mol. The van der Waals surface area contributed by atoms with Crippen molar-refractivity contribution in [2.45, 2.75) is 17.8 Å². The monoisotopic (exact) mass is 344 g/mol. The second-order valence-electron chi connectivity index (χ2n) is 5.49. The summed E-state index contributed by atoms with van der Waals surface area (Å²) in [5.74, 6) is 0.0860. The van der Waals surface area contributed by atoms with Gasteiger partial charge in [-0.3, -0.25) is 0 Å². The zero-order chi connectivity index (χ0) is 15.3. The average Bonchev–Trinajstić information content (AvgIpc) is 3.09. The van der Waals surface area contributed by atoms with Gasteiger partial charge >= 0.3 is 0 Å². The lowest BCUT2D eigenvalue weighted by Gasteiger charge is -2.07. The number of fused-ring (bicyclic) bond motifs is 1. The Hall–Kier alpha value is -1.60. The Bertz CT molecular complexity index is 895.